The second-order valence-electron chi connectivity index (χ2n) is 6.29. The molecule has 0 bridgehead atoms. The summed E-state index contributed by atoms with van der Waals surface area (Å²) in [5, 5.41) is 21.0. The van der Waals surface area contributed by atoms with Crippen molar-refractivity contribution in [3.05, 3.63) is 0 Å². The zero-order valence-corrected chi connectivity index (χ0v) is 13.0. The van der Waals surface area contributed by atoms with E-state index in [1.54, 1.807) is 20.8 Å². The summed E-state index contributed by atoms with van der Waals surface area (Å²) in [6.45, 7) is 8.82. The zero-order chi connectivity index (χ0) is 15.9. The number of aliphatic hydroxyl groups is 1. The van der Waals surface area contributed by atoms with Gasteiger partial charge in [0.05, 0.1) is 0 Å². The van der Waals surface area contributed by atoms with Gasteiger partial charge in [0.15, 0.2) is 0 Å². The van der Waals surface area contributed by atoms with Crippen LogP contribution in [-0.2, 0) is 14.3 Å². The summed E-state index contributed by atoms with van der Waals surface area (Å²) < 4.78 is 5.23. The van der Waals surface area contributed by atoms with Crippen molar-refractivity contribution in [2.45, 2.75) is 65.1 Å². The number of aliphatic carboxylic acids is 1. The normalized spacial score (nSPS) is 14.9. The van der Waals surface area contributed by atoms with Crippen LogP contribution < -0.4 is 5.32 Å². The molecule has 6 heteroatoms. The molecule has 0 aliphatic rings. The van der Waals surface area contributed by atoms with Gasteiger partial charge in [0.25, 0.3) is 0 Å². The van der Waals surface area contributed by atoms with E-state index in [9.17, 15) is 14.7 Å². The quantitative estimate of drug-likeness (QED) is 0.580. The van der Waals surface area contributed by atoms with Crippen molar-refractivity contribution < 1.29 is 24.5 Å². The van der Waals surface area contributed by atoms with Crippen molar-refractivity contribution in [1.29, 1.82) is 0 Å². The van der Waals surface area contributed by atoms with Crippen molar-refractivity contribution in [1.82, 2.24) is 5.32 Å². The lowest BCUT2D eigenvalue weighted by molar-refractivity contribution is -0.158. The van der Waals surface area contributed by atoms with E-state index in [-0.39, 0.29) is 18.9 Å². The third-order valence-corrected chi connectivity index (χ3v) is 2.52. The molecule has 0 aromatic rings. The van der Waals surface area contributed by atoms with E-state index in [4.69, 9.17) is 9.84 Å². The van der Waals surface area contributed by atoms with Gasteiger partial charge in [-0.25, -0.2) is 0 Å². The van der Waals surface area contributed by atoms with E-state index in [0.29, 0.717) is 6.42 Å². The molecular formula is C14H27NO5. The molecule has 20 heavy (non-hydrogen) atoms. The summed E-state index contributed by atoms with van der Waals surface area (Å²) in [5.74, 6) is -1.37. The number of carboxylic acid groups (broad SMARTS) is 1. The van der Waals surface area contributed by atoms with Gasteiger partial charge in [-0.15, -0.1) is 0 Å². The molecule has 0 spiro atoms. The predicted octanol–water partition coefficient (Wildman–Crippen LogP) is 1.17. The van der Waals surface area contributed by atoms with Gasteiger partial charge in [-0.05, 0) is 39.5 Å². The first-order valence-corrected chi connectivity index (χ1v) is 6.89. The molecular weight excluding hydrogens is 262 g/mol. The third kappa shape index (κ3) is 8.12. The Kier molecular flexibility index (Phi) is 7.75. The minimum Gasteiger partial charge on any atom is -0.480 e. The Hall–Kier alpha value is -1.14. The van der Waals surface area contributed by atoms with Crippen LogP contribution in [0.4, 0.5) is 0 Å². The van der Waals surface area contributed by atoms with Crippen molar-refractivity contribution >= 4 is 11.9 Å². The number of aliphatic hydroxyl groups excluding tert-OH is 1. The third-order valence-electron chi connectivity index (χ3n) is 2.52. The molecule has 6 nitrogen and oxygen atoms in total. The summed E-state index contributed by atoms with van der Waals surface area (Å²) in [6, 6.07) is -1.65. The molecule has 0 rings (SSSR count). The van der Waals surface area contributed by atoms with Crippen LogP contribution in [0.15, 0.2) is 0 Å². The number of carbonyl (C=O) groups is 2. The Balaban J connectivity index is 4.80. The zero-order valence-electron chi connectivity index (χ0n) is 13.0. The van der Waals surface area contributed by atoms with E-state index in [1.807, 2.05) is 13.8 Å². The fraction of sp³-hybridized carbons (Fsp3) is 0.857. The highest BCUT2D eigenvalue weighted by Gasteiger charge is 2.29. The Labute approximate surface area is 120 Å². The van der Waals surface area contributed by atoms with Crippen molar-refractivity contribution in [3.8, 4) is 0 Å². The summed E-state index contributed by atoms with van der Waals surface area (Å²) in [7, 11) is 0. The molecule has 0 aliphatic carbocycles. The lowest BCUT2D eigenvalue weighted by Gasteiger charge is -2.26. The molecule has 0 amide bonds. The van der Waals surface area contributed by atoms with Crippen LogP contribution in [0.3, 0.4) is 0 Å². The highest BCUT2D eigenvalue weighted by molar-refractivity contribution is 5.79. The van der Waals surface area contributed by atoms with Crippen molar-refractivity contribution in [2.24, 2.45) is 5.92 Å². The second-order valence-corrected chi connectivity index (χ2v) is 6.29. The van der Waals surface area contributed by atoms with Crippen LogP contribution in [0.1, 0.15) is 47.5 Å². The molecule has 0 fully saturated rings. The maximum Gasteiger partial charge on any atom is 0.323 e. The number of carboxylic acids is 1. The molecule has 118 valence electrons. The van der Waals surface area contributed by atoms with Crippen LogP contribution in [-0.4, -0.2) is 46.4 Å². The van der Waals surface area contributed by atoms with E-state index >= 15 is 0 Å². The molecule has 3 N–H and O–H groups in total. The predicted molar refractivity (Wildman–Crippen MR) is 75.4 cm³/mol. The summed E-state index contributed by atoms with van der Waals surface area (Å²) >= 11 is 0. The maximum atomic E-state index is 12.0. The van der Waals surface area contributed by atoms with Crippen molar-refractivity contribution in [3.63, 3.8) is 0 Å². The molecule has 0 unspecified atom stereocenters. The van der Waals surface area contributed by atoms with Gasteiger partial charge in [0, 0.05) is 6.61 Å². The Morgan fingerprint density at radius 1 is 1.20 bits per heavy atom. The summed E-state index contributed by atoms with van der Waals surface area (Å²) in [5.41, 5.74) is -0.650. The molecule has 0 saturated heterocycles. The van der Waals surface area contributed by atoms with E-state index in [1.165, 1.54) is 0 Å². The molecule has 0 saturated carbocycles. The highest BCUT2D eigenvalue weighted by atomic mass is 16.6. The smallest absolute Gasteiger partial charge is 0.323 e. The minimum atomic E-state index is -1.01. The van der Waals surface area contributed by atoms with E-state index in [2.05, 4.69) is 5.32 Å². The average Bonchev–Trinajstić information content (AvgIpc) is 2.23. The average molecular weight is 289 g/mol. The van der Waals surface area contributed by atoms with Crippen molar-refractivity contribution in [2.75, 3.05) is 6.61 Å². The topological polar surface area (TPSA) is 95.9 Å². The van der Waals surface area contributed by atoms with Gasteiger partial charge < -0.3 is 14.9 Å². The Morgan fingerprint density at radius 3 is 2.10 bits per heavy atom. The summed E-state index contributed by atoms with van der Waals surface area (Å²) in [4.78, 5) is 23.2. The number of ether oxygens (including phenoxy) is 1. The standard InChI is InChI=1S/C14H27NO5/c1-9(2)8-11(12(17)18)15-10(6-7-16)13(19)20-14(3,4)5/h9-11,15-16H,6-8H2,1-5H3,(H,17,18)/t10-,11+/m1/s1. The molecule has 0 heterocycles. The number of esters is 1. The summed E-state index contributed by atoms with van der Waals surface area (Å²) in [6.07, 6.45) is 0.525. The Morgan fingerprint density at radius 2 is 1.75 bits per heavy atom. The maximum absolute atomic E-state index is 12.0. The SMILES string of the molecule is CC(C)C[C@H](N[C@H](CCO)C(=O)OC(C)(C)C)C(=O)O. The van der Waals surface area contributed by atoms with E-state index < -0.39 is 29.6 Å². The van der Waals surface area contributed by atoms with Crippen LogP contribution in [0, 0.1) is 5.92 Å². The number of hydrogen-bond acceptors (Lipinski definition) is 5. The monoisotopic (exact) mass is 289 g/mol. The number of rotatable bonds is 8. The fourth-order valence-electron chi connectivity index (χ4n) is 1.73. The molecule has 0 aromatic heterocycles. The second kappa shape index (κ2) is 8.21. The molecule has 2 atom stereocenters. The highest BCUT2D eigenvalue weighted by Crippen LogP contribution is 2.12. The van der Waals surface area contributed by atoms with Crippen LogP contribution in [0.25, 0.3) is 0 Å². The first-order chi connectivity index (χ1) is 9.06. The fourth-order valence-corrected chi connectivity index (χ4v) is 1.73. The molecule has 0 aliphatic heterocycles. The van der Waals surface area contributed by atoms with Gasteiger partial charge in [-0.2, -0.15) is 0 Å². The molecule has 0 radical (unpaired) electrons. The van der Waals surface area contributed by atoms with Gasteiger partial charge in [0.2, 0.25) is 0 Å². The van der Waals surface area contributed by atoms with Gasteiger partial charge >= 0.3 is 11.9 Å². The largest absolute Gasteiger partial charge is 0.480 e. The Bertz CT molecular complexity index is 322. The first-order valence-electron chi connectivity index (χ1n) is 6.89. The number of hydrogen-bond donors (Lipinski definition) is 3. The first kappa shape index (κ1) is 18.9. The van der Waals surface area contributed by atoms with Gasteiger partial charge in [-0.3, -0.25) is 14.9 Å². The van der Waals surface area contributed by atoms with Gasteiger partial charge in [-0.1, -0.05) is 13.8 Å². The number of nitrogens with one attached hydrogen (secondary N) is 1. The van der Waals surface area contributed by atoms with Crippen LogP contribution in [0.2, 0.25) is 0 Å². The van der Waals surface area contributed by atoms with Crippen LogP contribution in [0.5, 0.6) is 0 Å². The number of carbonyl (C=O) groups excluding carboxylic acids is 1. The van der Waals surface area contributed by atoms with E-state index in [0.717, 1.165) is 0 Å². The van der Waals surface area contributed by atoms with Gasteiger partial charge in [0.1, 0.15) is 17.7 Å². The lowest BCUT2D eigenvalue weighted by atomic mass is 10.0. The lowest BCUT2D eigenvalue weighted by Crippen LogP contribution is -2.49. The minimum absolute atomic E-state index is 0.122. The van der Waals surface area contributed by atoms with Crippen LogP contribution >= 0.6 is 0 Å². The molecule has 0 aromatic carbocycles.